The van der Waals surface area contributed by atoms with Crippen LogP contribution in [0.5, 0.6) is 0 Å². The zero-order valence-corrected chi connectivity index (χ0v) is 28.8. The number of rotatable bonds is 11. The number of nitrogens with zero attached hydrogens (tertiary/aromatic N) is 8. The fourth-order valence-corrected chi connectivity index (χ4v) is 7.20. The maximum Gasteiger partial charge on any atom is 0.290 e. The molecule has 14 heteroatoms. The first-order valence-corrected chi connectivity index (χ1v) is 17.5. The van der Waals surface area contributed by atoms with Gasteiger partial charge in [-0.1, -0.05) is 19.8 Å². The second-order valence-corrected chi connectivity index (χ2v) is 13.4. The SMILES string of the molecule is CCCCCc1cn2c(c1F)C(=O)N(c1nccc(-c3cc(Nc4ccc(N5CCN(C6COC6)C[C@@H]5C)cn4)c(=O)n(C)n3)c1CO)CC2. The third-order valence-corrected chi connectivity index (χ3v) is 10.1. The Morgan fingerprint density at radius 1 is 1.08 bits per heavy atom. The average molecular weight is 686 g/mol. The molecule has 0 saturated carbocycles. The van der Waals surface area contributed by atoms with Gasteiger partial charge in [-0.2, -0.15) is 5.10 Å². The minimum Gasteiger partial charge on any atom is -0.392 e. The molecular formula is C36H44FN9O4. The molecule has 7 rings (SSSR count). The lowest BCUT2D eigenvalue weighted by atomic mass is 10.0. The number of hydrogen-bond donors (Lipinski definition) is 2. The number of fused-ring (bicyclic) bond motifs is 1. The van der Waals surface area contributed by atoms with Crippen molar-refractivity contribution in [2.45, 2.75) is 64.8 Å². The Hall–Kier alpha value is -4.66. The number of piperazine rings is 1. The monoisotopic (exact) mass is 685 g/mol. The molecule has 0 aliphatic carbocycles. The van der Waals surface area contributed by atoms with E-state index in [0.29, 0.717) is 53.3 Å². The summed E-state index contributed by atoms with van der Waals surface area (Å²) in [5.41, 5.74) is 2.68. The van der Waals surface area contributed by atoms with E-state index in [1.807, 2.05) is 18.3 Å². The fourth-order valence-electron chi connectivity index (χ4n) is 7.20. The average Bonchev–Trinajstić information content (AvgIpc) is 3.42. The molecule has 4 aromatic rings. The molecule has 0 spiro atoms. The van der Waals surface area contributed by atoms with E-state index in [1.165, 1.54) is 15.8 Å². The summed E-state index contributed by atoms with van der Waals surface area (Å²) in [7, 11) is 1.55. The molecule has 50 heavy (non-hydrogen) atoms. The van der Waals surface area contributed by atoms with Crippen molar-refractivity contribution in [3.8, 4) is 11.3 Å². The second-order valence-electron chi connectivity index (χ2n) is 13.4. The number of carbonyl (C=O) groups excluding carboxylic acids is 1. The number of aromatic nitrogens is 5. The topological polar surface area (TPSA) is 134 Å². The molecule has 4 aromatic heterocycles. The van der Waals surface area contributed by atoms with Crippen molar-refractivity contribution < 1.29 is 19.0 Å². The van der Waals surface area contributed by atoms with Crippen LogP contribution in [0.1, 0.15) is 54.7 Å². The second kappa shape index (κ2) is 14.3. The summed E-state index contributed by atoms with van der Waals surface area (Å²) < 4.78 is 23.8. The van der Waals surface area contributed by atoms with E-state index in [2.05, 4.69) is 44.0 Å². The van der Waals surface area contributed by atoms with E-state index < -0.39 is 18.3 Å². The van der Waals surface area contributed by atoms with Gasteiger partial charge in [-0.25, -0.2) is 19.0 Å². The summed E-state index contributed by atoms with van der Waals surface area (Å²) in [6.07, 6.45) is 8.52. The molecule has 2 fully saturated rings. The van der Waals surface area contributed by atoms with Crippen LogP contribution in [0.4, 0.5) is 27.4 Å². The van der Waals surface area contributed by atoms with E-state index in [1.54, 1.807) is 29.9 Å². The predicted octanol–water partition coefficient (Wildman–Crippen LogP) is 3.72. The van der Waals surface area contributed by atoms with E-state index in [-0.39, 0.29) is 29.3 Å². The largest absolute Gasteiger partial charge is 0.392 e. The fraction of sp³-hybridized carbons (Fsp3) is 0.472. The molecule has 0 unspecified atom stereocenters. The van der Waals surface area contributed by atoms with Gasteiger partial charge < -0.3 is 24.6 Å². The van der Waals surface area contributed by atoms with Gasteiger partial charge in [0.05, 0.1) is 43.4 Å². The van der Waals surface area contributed by atoms with E-state index in [9.17, 15) is 14.7 Å². The maximum atomic E-state index is 15.5. The molecule has 0 radical (unpaired) electrons. The number of amides is 1. The highest BCUT2D eigenvalue weighted by atomic mass is 19.1. The van der Waals surface area contributed by atoms with Gasteiger partial charge in [0.15, 0.2) is 5.82 Å². The molecule has 2 saturated heterocycles. The highest BCUT2D eigenvalue weighted by Crippen LogP contribution is 2.33. The van der Waals surface area contributed by atoms with Gasteiger partial charge in [0.2, 0.25) is 0 Å². The summed E-state index contributed by atoms with van der Waals surface area (Å²) >= 11 is 0. The van der Waals surface area contributed by atoms with Crippen LogP contribution in [-0.4, -0.2) is 91.7 Å². The Bertz CT molecular complexity index is 1920. The highest BCUT2D eigenvalue weighted by Gasteiger charge is 2.34. The summed E-state index contributed by atoms with van der Waals surface area (Å²) in [5, 5.41) is 18.2. The van der Waals surface area contributed by atoms with Gasteiger partial charge in [0, 0.05) is 74.9 Å². The molecule has 0 bridgehead atoms. The third kappa shape index (κ3) is 6.38. The Labute approximate surface area is 290 Å². The Morgan fingerprint density at radius 3 is 2.62 bits per heavy atom. The minimum absolute atomic E-state index is 0.00423. The zero-order chi connectivity index (χ0) is 34.9. The van der Waals surface area contributed by atoms with Gasteiger partial charge in [-0.3, -0.25) is 19.4 Å². The van der Waals surface area contributed by atoms with Gasteiger partial charge >= 0.3 is 0 Å². The number of pyridine rings is 2. The van der Waals surface area contributed by atoms with Crippen molar-refractivity contribution in [1.82, 2.24) is 29.2 Å². The number of carbonyl (C=O) groups is 1. The van der Waals surface area contributed by atoms with Crippen LogP contribution in [0.25, 0.3) is 11.3 Å². The first kappa shape index (κ1) is 33.8. The molecule has 0 aromatic carbocycles. The number of halogens is 1. The summed E-state index contributed by atoms with van der Waals surface area (Å²) in [6.45, 7) is 8.96. The summed E-state index contributed by atoms with van der Waals surface area (Å²) in [5.74, 6) is -0.278. The molecule has 264 valence electrons. The number of unbranched alkanes of at least 4 members (excludes halogenated alkanes) is 2. The van der Waals surface area contributed by atoms with Gasteiger partial charge in [0.1, 0.15) is 23.0 Å². The van der Waals surface area contributed by atoms with Gasteiger partial charge in [0.25, 0.3) is 11.5 Å². The Balaban J connectivity index is 1.12. The molecule has 3 aliphatic heterocycles. The number of aliphatic hydroxyl groups excluding tert-OH is 1. The molecule has 7 heterocycles. The lowest BCUT2D eigenvalue weighted by Crippen LogP contribution is -2.59. The Morgan fingerprint density at radius 2 is 1.92 bits per heavy atom. The number of aryl methyl sites for hydroxylation is 2. The van der Waals surface area contributed by atoms with Crippen LogP contribution in [0, 0.1) is 5.82 Å². The standard InChI is InChI=1S/C36H44FN9O4/c1-4-5-6-7-24-19-44-13-15-46(36(49)33(44)32(24)37)34-28(20-47)27(10-11-38-34)29-16-30(35(48)42(3)41-29)40-31-9-8-25(17-39-31)45-14-12-43(18-23(45)2)26-21-50-22-26/h8-11,16-17,19,23,26,47H,4-7,12-15,18,20-22H2,1-3H3,(H,39,40)/t23-/m0/s1. The summed E-state index contributed by atoms with van der Waals surface area (Å²) in [6, 6.07) is 7.98. The van der Waals surface area contributed by atoms with Crippen LogP contribution in [-0.2, 0) is 31.4 Å². The smallest absolute Gasteiger partial charge is 0.290 e. The van der Waals surface area contributed by atoms with Crippen LogP contribution in [0.15, 0.2) is 47.7 Å². The van der Waals surface area contributed by atoms with Gasteiger partial charge in [-0.05, 0) is 44.0 Å². The van der Waals surface area contributed by atoms with Crippen molar-refractivity contribution in [2.24, 2.45) is 7.05 Å². The number of aliphatic hydroxyl groups is 1. The maximum absolute atomic E-state index is 15.5. The first-order chi connectivity index (χ1) is 24.3. The number of anilines is 4. The molecule has 1 amide bonds. The van der Waals surface area contributed by atoms with Crippen LogP contribution >= 0.6 is 0 Å². The molecular weight excluding hydrogens is 641 g/mol. The van der Waals surface area contributed by atoms with Crippen molar-refractivity contribution in [1.29, 1.82) is 0 Å². The number of nitrogens with one attached hydrogen (secondary N) is 1. The summed E-state index contributed by atoms with van der Waals surface area (Å²) in [4.78, 5) is 42.3. The van der Waals surface area contributed by atoms with E-state index in [4.69, 9.17) is 4.74 Å². The van der Waals surface area contributed by atoms with Crippen molar-refractivity contribution >= 4 is 28.9 Å². The molecule has 3 aliphatic rings. The van der Waals surface area contributed by atoms with Crippen LogP contribution < -0.4 is 20.7 Å². The van der Waals surface area contributed by atoms with E-state index in [0.717, 1.165) is 57.8 Å². The minimum atomic E-state index is -0.510. The predicted molar refractivity (Wildman–Crippen MR) is 188 cm³/mol. The lowest BCUT2D eigenvalue weighted by molar-refractivity contribution is -0.0691. The van der Waals surface area contributed by atoms with Crippen molar-refractivity contribution in [3.63, 3.8) is 0 Å². The number of hydrogen-bond acceptors (Lipinski definition) is 10. The van der Waals surface area contributed by atoms with Crippen molar-refractivity contribution in [3.05, 3.63) is 75.8 Å². The first-order valence-electron chi connectivity index (χ1n) is 17.5. The quantitative estimate of drug-likeness (QED) is 0.225. The number of ether oxygens (including phenoxy) is 1. The van der Waals surface area contributed by atoms with Crippen LogP contribution in [0.3, 0.4) is 0 Å². The normalized spacial score (nSPS) is 18.3. The Kier molecular flexibility index (Phi) is 9.67. The van der Waals surface area contributed by atoms with E-state index >= 15 is 4.39 Å². The molecule has 1 atom stereocenters. The van der Waals surface area contributed by atoms with Crippen LogP contribution in [0.2, 0.25) is 0 Å². The van der Waals surface area contributed by atoms with Crippen molar-refractivity contribution in [2.75, 3.05) is 54.5 Å². The lowest BCUT2D eigenvalue weighted by Gasteiger charge is -2.46. The molecule has 13 nitrogen and oxygen atoms in total. The third-order valence-electron chi connectivity index (χ3n) is 10.1. The molecule has 2 N–H and O–H groups in total. The zero-order valence-electron chi connectivity index (χ0n) is 28.8. The highest BCUT2D eigenvalue weighted by molar-refractivity contribution is 6.06. The van der Waals surface area contributed by atoms with Gasteiger partial charge in [-0.15, -0.1) is 0 Å².